The molecule has 0 radical (unpaired) electrons. The molecule has 0 aromatic heterocycles. The van der Waals surface area contributed by atoms with Gasteiger partial charge in [0.15, 0.2) is 5.78 Å². The average Bonchev–Trinajstić information content (AvgIpc) is 2.63. The zero-order valence-electron chi connectivity index (χ0n) is 7.14. The Balaban J connectivity index is 2.19. The molecule has 2 atom stereocenters. The number of allylic oxidation sites excluding steroid dienone is 1. The topological polar surface area (TPSA) is 52.3 Å². The van der Waals surface area contributed by atoms with Crippen LogP contribution in [0.5, 0.6) is 0 Å². The molecule has 0 aromatic carbocycles. The van der Waals surface area contributed by atoms with E-state index in [1.54, 1.807) is 12.3 Å². The average molecular weight is 177 g/mol. The number of Topliss-reactive ketones (excluding diaryl/α,β-unsaturated/α-hetero) is 1. The van der Waals surface area contributed by atoms with E-state index in [1.807, 2.05) is 18.2 Å². The fraction of sp³-hybridized carbons (Fsp3) is 0.300. The van der Waals surface area contributed by atoms with Crippen molar-refractivity contribution in [2.24, 2.45) is 11.7 Å². The van der Waals surface area contributed by atoms with Gasteiger partial charge < -0.3 is 10.5 Å². The minimum atomic E-state index is -0.0185. The summed E-state index contributed by atoms with van der Waals surface area (Å²) in [7, 11) is 0. The van der Waals surface area contributed by atoms with Crippen LogP contribution in [0.1, 0.15) is 0 Å². The molecule has 0 fully saturated rings. The number of carbonyl (C=O) groups is 1. The molecule has 1 heterocycles. The molecule has 0 spiro atoms. The van der Waals surface area contributed by atoms with E-state index in [4.69, 9.17) is 10.5 Å². The van der Waals surface area contributed by atoms with Gasteiger partial charge in [0.25, 0.3) is 0 Å². The smallest absolute Gasteiger partial charge is 0.176 e. The van der Waals surface area contributed by atoms with E-state index in [-0.39, 0.29) is 24.3 Å². The van der Waals surface area contributed by atoms with Gasteiger partial charge in [-0.15, -0.1) is 0 Å². The highest BCUT2D eigenvalue weighted by Gasteiger charge is 2.24. The van der Waals surface area contributed by atoms with Gasteiger partial charge in [0.2, 0.25) is 0 Å². The number of nitrogens with two attached hydrogens (primary N) is 1. The number of hydrogen-bond acceptors (Lipinski definition) is 3. The first-order chi connectivity index (χ1) is 6.31. The first-order valence-electron chi connectivity index (χ1n) is 4.26. The standard InChI is InChI=1S/C10H11NO2/c11-6-9(12)7-1-2-10-8(5-7)3-4-13-10/h1-5,8,10H,6,11H2. The SMILES string of the molecule is NCC(=O)C1=CC2C=COC2C=C1. The van der Waals surface area contributed by atoms with Crippen molar-refractivity contribution in [3.05, 3.63) is 36.1 Å². The Labute approximate surface area is 76.6 Å². The van der Waals surface area contributed by atoms with Crippen molar-refractivity contribution >= 4 is 5.78 Å². The lowest BCUT2D eigenvalue weighted by Crippen LogP contribution is -2.21. The number of rotatable bonds is 2. The summed E-state index contributed by atoms with van der Waals surface area (Å²) >= 11 is 0. The Hall–Kier alpha value is -1.35. The summed E-state index contributed by atoms with van der Waals surface area (Å²) in [5.41, 5.74) is 5.96. The van der Waals surface area contributed by atoms with Gasteiger partial charge in [-0.1, -0.05) is 12.2 Å². The quantitative estimate of drug-likeness (QED) is 0.669. The summed E-state index contributed by atoms with van der Waals surface area (Å²) < 4.78 is 5.26. The number of ketones is 1. The van der Waals surface area contributed by atoms with Crippen LogP contribution in [-0.2, 0) is 9.53 Å². The molecule has 0 saturated carbocycles. The van der Waals surface area contributed by atoms with Gasteiger partial charge in [0, 0.05) is 11.5 Å². The van der Waals surface area contributed by atoms with Crippen LogP contribution < -0.4 is 5.73 Å². The Morgan fingerprint density at radius 2 is 2.38 bits per heavy atom. The predicted molar refractivity (Wildman–Crippen MR) is 48.8 cm³/mol. The van der Waals surface area contributed by atoms with Crippen molar-refractivity contribution in [1.82, 2.24) is 0 Å². The molecule has 1 aliphatic heterocycles. The van der Waals surface area contributed by atoms with Gasteiger partial charge in [-0.2, -0.15) is 0 Å². The first kappa shape index (κ1) is 8.26. The maximum absolute atomic E-state index is 11.2. The van der Waals surface area contributed by atoms with Crippen molar-refractivity contribution in [3.8, 4) is 0 Å². The molecular weight excluding hydrogens is 166 g/mol. The summed E-state index contributed by atoms with van der Waals surface area (Å²) in [5.74, 6) is 0.186. The van der Waals surface area contributed by atoms with Crippen LogP contribution >= 0.6 is 0 Å². The lowest BCUT2D eigenvalue weighted by atomic mass is 9.93. The van der Waals surface area contributed by atoms with Crippen molar-refractivity contribution in [2.45, 2.75) is 6.10 Å². The number of ether oxygens (including phenoxy) is 1. The number of fused-ring (bicyclic) bond motifs is 1. The van der Waals surface area contributed by atoms with Crippen LogP contribution in [0.3, 0.4) is 0 Å². The third kappa shape index (κ3) is 1.42. The Bertz CT molecular complexity index is 315. The molecule has 2 N–H and O–H groups in total. The third-order valence-corrected chi connectivity index (χ3v) is 2.26. The molecule has 2 unspecified atom stereocenters. The fourth-order valence-corrected chi connectivity index (χ4v) is 1.52. The largest absolute Gasteiger partial charge is 0.493 e. The minimum Gasteiger partial charge on any atom is -0.493 e. The van der Waals surface area contributed by atoms with Gasteiger partial charge in [-0.05, 0) is 12.2 Å². The highest BCUT2D eigenvalue weighted by molar-refractivity contribution is 5.99. The van der Waals surface area contributed by atoms with E-state index < -0.39 is 0 Å². The van der Waals surface area contributed by atoms with Crippen LogP contribution in [0.15, 0.2) is 36.1 Å². The summed E-state index contributed by atoms with van der Waals surface area (Å²) in [6.45, 7) is 0.0676. The maximum atomic E-state index is 11.2. The summed E-state index contributed by atoms with van der Waals surface area (Å²) in [6, 6.07) is 0. The van der Waals surface area contributed by atoms with E-state index >= 15 is 0 Å². The molecule has 2 rings (SSSR count). The molecule has 0 aromatic rings. The second-order valence-corrected chi connectivity index (χ2v) is 3.12. The molecule has 2 aliphatic rings. The van der Waals surface area contributed by atoms with E-state index in [0.29, 0.717) is 5.57 Å². The molecule has 3 heteroatoms. The normalized spacial score (nSPS) is 29.5. The van der Waals surface area contributed by atoms with Gasteiger partial charge >= 0.3 is 0 Å². The van der Waals surface area contributed by atoms with Crippen LogP contribution in [-0.4, -0.2) is 18.4 Å². The summed E-state index contributed by atoms with van der Waals surface area (Å²) in [4.78, 5) is 11.2. The van der Waals surface area contributed by atoms with Crippen molar-refractivity contribution in [1.29, 1.82) is 0 Å². The summed E-state index contributed by atoms with van der Waals surface area (Å²) in [5, 5.41) is 0. The predicted octanol–water partition coefficient (Wildman–Crippen LogP) is 0.539. The molecule has 0 amide bonds. The van der Waals surface area contributed by atoms with E-state index in [2.05, 4.69) is 0 Å². The zero-order valence-corrected chi connectivity index (χ0v) is 7.14. The Kier molecular flexibility index (Phi) is 2.02. The van der Waals surface area contributed by atoms with Gasteiger partial charge in [0.05, 0.1) is 12.8 Å². The highest BCUT2D eigenvalue weighted by atomic mass is 16.5. The van der Waals surface area contributed by atoms with Crippen LogP contribution in [0.2, 0.25) is 0 Å². The zero-order chi connectivity index (χ0) is 9.26. The first-order valence-corrected chi connectivity index (χ1v) is 4.26. The third-order valence-electron chi connectivity index (χ3n) is 2.26. The molecule has 68 valence electrons. The fourth-order valence-electron chi connectivity index (χ4n) is 1.52. The molecular formula is C10H11NO2. The number of hydrogen-bond donors (Lipinski definition) is 1. The lowest BCUT2D eigenvalue weighted by Gasteiger charge is -2.16. The second kappa shape index (κ2) is 3.18. The monoisotopic (exact) mass is 177 g/mol. The number of carbonyl (C=O) groups excluding carboxylic acids is 1. The van der Waals surface area contributed by atoms with Gasteiger partial charge in [-0.25, -0.2) is 0 Å². The highest BCUT2D eigenvalue weighted by Crippen LogP contribution is 2.26. The Morgan fingerprint density at radius 3 is 3.15 bits per heavy atom. The summed E-state index contributed by atoms with van der Waals surface area (Å²) in [6.07, 6.45) is 9.28. The van der Waals surface area contributed by atoms with E-state index in [1.165, 1.54) is 0 Å². The van der Waals surface area contributed by atoms with E-state index in [9.17, 15) is 4.79 Å². The molecule has 1 aliphatic carbocycles. The van der Waals surface area contributed by atoms with Crippen LogP contribution in [0, 0.1) is 5.92 Å². The van der Waals surface area contributed by atoms with Crippen molar-refractivity contribution in [3.63, 3.8) is 0 Å². The Morgan fingerprint density at radius 1 is 1.54 bits per heavy atom. The van der Waals surface area contributed by atoms with E-state index in [0.717, 1.165) is 0 Å². The molecule has 0 saturated heterocycles. The van der Waals surface area contributed by atoms with Gasteiger partial charge in [0.1, 0.15) is 6.10 Å². The molecule has 3 nitrogen and oxygen atoms in total. The minimum absolute atomic E-state index is 0.0185. The molecule has 0 bridgehead atoms. The van der Waals surface area contributed by atoms with Crippen molar-refractivity contribution in [2.75, 3.05) is 6.54 Å². The second-order valence-electron chi connectivity index (χ2n) is 3.12. The lowest BCUT2D eigenvalue weighted by molar-refractivity contribution is -0.114. The maximum Gasteiger partial charge on any atom is 0.176 e. The van der Waals surface area contributed by atoms with Crippen molar-refractivity contribution < 1.29 is 9.53 Å². The van der Waals surface area contributed by atoms with Crippen LogP contribution in [0.25, 0.3) is 0 Å². The van der Waals surface area contributed by atoms with Gasteiger partial charge in [-0.3, -0.25) is 4.79 Å². The molecule has 13 heavy (non-hydrogen) atoms. The van der Waals surface area contributed by atoms with Crippen LogP contribution in [0.4, 0.5) is 0 Å².